The van der Waals surface area contributed by atoms with Gasteiger partial charge in [-0.3, -0.25) is 4.79 Å². The van der Waals surface area contributed by atoms with Crippen LogP contribution in [0.25, 0.3) is 11.1 Å². The van der Waals surface area contributed by atoms with E-state index in [9.17, 15) is 14.7 Å². The van der Waals surface area contributed by atoms with Gasteiger partial charge in [0.25, 0.3) is 5.91 Å². The molecule has 2 N–H and O–H groups in total. The predicted octanol–water partition coefficient (Wildman–Crippen LogP) is 3.05. The molecule has 1 aliphatic heterocycles. The fraction of sp³-hybridized carbons (Fsp3) is 0.391. The van der Waals surface area contributed by atoms with Gasteiger partial charge in [0.15, 0.2) is 0 Å². The number of hydrogen-bond donors (Lipinski definition) is 2. The van der Waals surface area contributed by atoms with Crippen LogP contribution in [0.3, 0.4) is 0 Å². The number of carboxylic acid groups (broad SMARTS) is 1. The van der Waals surface area contributed by atoms with Gasteiger partial charge in [-0.1, -0.05) is 24.3 Å². The van der Waals surface area contributed by atoms with Crippen LogP contribution in [0.1, 0.15) is 25.3 Å². The Balaban J connectivity index is 1.75. The molecule has 7 nitrogen and oxygen atoms in total. The van der Waals surface area contributed by atoms with Crippen molar-refractivity contribution in [2.75, 3.05) is 20.8 Å². The molecular formula is C23H27NO6. The van der Waals surface area contributed by atoms with E-state index < -0.39 is 17.6 Å². The normalized spacial score (nSPS) is 19.2. The van der Waals surface area contributed by atoms with E-state index in [1.165, 1.54) is 0 Å². The van der Waals surface area contributed by atoms with E-state index in [0.29, 0.717) is 24.5 Å². The summed E-state index contributed by atoms with van der Waals surface area (Å²) in [5.74, 6) is -0.0381. The third-order valence-electron chi connectivity index (χ3n) is 5.41. The van der Waals surface area contributed by atoms with Crippen molar-refractivity contribution in [3.8, 4) is 22.6 Å². The molecular weight excluding hydrogens is 386 g/mol. The summed E-state index contributed by atoms with van der Waals surface area (Å²) in [7, 11) is 3.21. The zero-order valence-corrected chi connectivity index (χ0v) is 17.4. The molecule has 1 fully saturated rings. The van der Waals surface area contributed by atoms with Crippen molar-refractivity contribution in [1.29, 1.82) is 0 Å². The second-order valence-electron chi connectivity index (χ2n) is 7.51. The average molecular weight is 413 g/mol. The molecule has 0 aliphatic carbocycles. The van der Waals surface area contributed by atoms with E-state index in [4.69, 9.17) is 14.2 Å². The largest absolute Gasteiger partial charge is 0.497 e. The molecule has 0 spiro atoms. The highest BCUT2D eigenvalue weighted by Gasteiger charge is 2.39. The smallest absolute Gasteiger partial charge is 0.326 e. The van der Waals surface area contributed by atoms with Crippen LogP contribution in [0.4, 0.5) is 0 Å². The van der Waals surface area contributed by atoms with Gasteiger partial charge in [0.05, 0.1) is 14.2 Å². The fourth-order valence-electron chi connectivity index (χ4n) is 3.56. The number of rotatable bonds is 8. The Hall–Kier alpha value is -3.06. The number of methoxy groups -OCH3 is 2. The number of nitrogens with one attached hydrogen (secondary N) is 1. The van der Waals surface area contributed by atoms with E-state index in [1.807, 2.05) is 42.5 Å². The molecule has 160 valence electrons. The molecule has 0 radical (unpaired) electrons. The van der Waals surface area contributed by atoms with Gasteiger partial charge in [-0.05, 0) is 49.1 Å². The third kappa shape index (κ3) is 4.74. The monoisotopic (exact) mass is 413 g/mol. The molecule has 1 amide bonds. The number of hydrogen-bond acceptors (Lipinski definition) is 5. The van der Waals surface area contributed by atoms with Crippen LogP contribution in [0.5, 0.6) is 11.5 Å². The quantitative estimate of drug-likeness (QED) is 0.691. The van der Waals surface area contributed by atoms with Crippen molar-refractivity contribution in [2.45, 2.75) is 37.8 Å². The highest BCUT2D eigenvalue weighted by atomic mass is 16.5. The lowest BCUT2D eigenvalue weighted by atomic mass is 9.98. The maximum Gasteiger partial charge on any atom is 0.326 e. The third-order valence-corrected chi connectivity index (χ3v) is 5.41. The van der Waals surface area contributed by atoms with Crippen molar-refractivity contribution in [1.82, 2.24) is 5.32 Å². The van der Waals surface area contributed by atoms with Gasteiger partial charge in [0, 0.05) is 18.6 Å². The zero-order chi connectivity index (χ0) is 21.7. The van der Waals surface area contributed by atoms with Crippen LogP contribution >= 0.6 is 0 Å². The highest BCUT2D eigenvalue weighted by Crippen LogP contribution is 2.33. The first-order valence-corrected chi connectivity index (χ1v) is 9.85. The molecule has 1 unspecified atom stereocenters. The van der Waals surface area contributed by atoms with Crippen LogP contribution in [0.15, 0.2) is 42.5 Å². The number of carbonyl (C=O) groups excluding carboxylic acids is 1. The lowest BCUT2D eigenvalue weighted by Crippen LogP contribution is -2.51. The van der Waals surface area contributed by atoms with E-state index in [0.717, 1.165) is 23.1 Å². The second kappa shape index (κ2) is 9.17. The van der Waals surface area contributed by atoms with Gasteiger partial charge in [0.1, 0.15) is 23.1 Å². The van der Waals surface area contributed by atoms with Gasteiger partial charge in [-0.2, -0.15) is 0 Å². The first kappa shape index (κ1) is 21.6. The predicted molar refractivity (Wildman–Crippen MR) is 112 cm³/mol. The van der Waals surface area contributed by atoms with Crippen LogP contribution in [0, 0.1) is 0 Å². The lowest BCUT2D eigenvalue weighted by Gasteiger charge is -2.24. The maximum atomic E-state index is 12.5. The van der Waals surface area contributed by atoms with Crippen molar-refractivity contribution in [3.05, 3.63) is 48.0 Å². The maximum absolute atomic E-state index is 12.5. The van der Waals surface area contributed by atoms with Gasteiger partial charge in [0.2, 0.25) is 0 Å². The lowest BCUT2D eigenvalue weighted by molar-refractivity contribution is -0.147. The van der Waals surface area contributed by atoms with E-state index >= 15 is 0 Å². The zero-order valence-electron chi connectivity index (χ0n) is 17.4. The molecule has 0 saturated carbocycles. The Bertz CT molecular complexity index is 902. The minimum absolute atomic E-state index is 0.173. The number of carboxylic acids is 1. The number of aliphatic carboxylic acids is 1. The van der Waals surface area contributed by atoms with E-state index in [1.54, 1.807) is 21.1 Å². The average Bonchev–Trinajstić information content (AvgIpc) is 3.21. The SMILES string of the molecule is COc1ccc(OC)c(-c2ccc(C[C@H](NC(=O)C3(C)CCCO3)C(=O)O)cc2)c1. The second-order valence-corrected chi connectivity index (χ2v) is 7.51. The summed E-state index contributed by atoms with van der Waals surface area (Å²) in [4.78, 5) is 24.2. The molecule has 3 rings (SSSR count). The first-order chi connectivity index (χ1) is 14.4. The Morgan fingerprint density at radius 3 is 2.47 bits per heavy atom. The molecule has 2 atom stereocenters. The van der Waals surface area contributed by atoms with Crippen LogP contribution in [0.2, 0.25) is 0 Å². The summed E-state index contributed by atoms with van der Waals surface area (Å²) in [6.45, 7) is 2.21. The molecule has 0 bridgehead atoms. The van der Waals surface area contributed by atoms with Crippen molar-refractivity contribution in [3.63, 3.8) is 0 Å². The number of benzene rings is 2. The molecule has 2 aromatic carbocycles. The van der Waals surface area contributed by atoms with Gasteiger partial charge in [-0.25, -0.2) is 4.79 Å². The summed E-state index contributed by atoms with van der Waals surface area (Å²) >= 11 is 0. The van der Waals surface area contributed by atoms with Crippen LogP contribution in [-0.2, 0) is 20.7 Å². The Morgan fingerprint density at radius 2 is 1.90 bits per heavy atom. The van der Waals surface area contributed by atoms with Crippen LogP contribution in [-0.4, -0.2) is 49.5 Å². The number of amides is 1. The van der Waals surface area contributed by atoms with E-state index in [2.05, 4.69) is 5.32 Å². The Kier molecular flexibility index (Phi) is 6.62. The van der Waals surface area contributed by atoms with Crippen molar-refractivity contribution < 1.29 is 28.9 Å². The van der Waals surface area contributed by atoms with Crippen molar-refractivity contribution >= 4 is 11.9 Å². The molecule has 1 aliphatic rings. The molecule has 30 heavy (non-hydrogen) atoms. The number of ether oxygens (including phenoxy) is 3. The highest BCUT2D eigenvalue weighted by molar-refractivity contribution is 5.89. The molecule has 2 aromatic rings. The Morgan fingerprint density at radius 1 is 1.17 bits per heavy atom. The molecule has 7 heteroatoms. The molecule has 1 saturated heterocycles. The standard InChI is InChI=1S/C23H27NO6/c1-23(11-4-12-30-23)22(27)24-19(21(25)26)13-15-5-7-16(8-6-15)18-14-17(28-2)9-10-20(18)29-3/h5-10,14,19H,4,11-13H2,1-3H3,(H,24,27)(H,25,26)/t19-,23?/m0/s1. The van der Waals surface area contributed by atoms with Crippen molar-refractivity contribution in [2.24, 2.45) is 0 Å². The van der Waals surface area contributed by atoms with Gasteiger partial charge < -0.3 is 24.6 Å². The molecule has 1 heterocycles. The number of carbonyl (C=O) groups is 2. The minimum Gasteiger partial charge on any atom is -0.497 e. The minimum atomic E-state index is -1.08. The summed E-state index contributed by atoms with van der Waals surface area (Å²) in [6.07, 6.45) is 1.55. The van der Waals surface area contributed by atoms with Gasteiger partial charge >= 0.3 is 5.97 Å². The summed E-state index contributed by atoms with van der Waals surface area (Å²) in [5.41, 5.74) is 1.63. The summed E-state index contributed by atoms with van der Waals surface area (Å²) in [5, 5.41) is 12.2. The van der Waals surface area contributed by atoms with E-state index in [-0.39, 0.29) is 12.3 Å². The fourth-order valence-corrected chi connectivity index (χ4v) is 3.56. The van der Waals surface area contributed by atoms with Crippen LogP contribution < -0.4 is 14.8 Å². The Labute approximate surface area is 176 Å². The molecule has 0 aromatic heterocycles. The first-order valence-electron chi connectivity index (χ1n) is 9.85. The van der Waals surface area contributed by atoms with Gasteiger partial charge in [-0.15, -0.1) is 0 Å². The topological polar surface area (TPSA) is 94.1 Å². The summed E-state index contributed by atoms with van der Waals surface area (Å²) in [6, 6.07) is 12.0. The summed E-state index contributed by atoms with van der Waals surface area (Å²) < 4.78 is 16.2.